The summed E-state index contributed by atoms with van der Waals surface area (Å²) in [6, 6.07) is 0. The maximum Gasteiger partial charge on any atom is -0.0388 e. The van der Waals surface area contributed by atoms with Crippen molar-refractivity contribution >= 4 is 0 Å². The van der Waals surface area contributed by atoms with E-state index in [2.05, 4.69) is 34.6 Å². The molecule has 0 amide bonds. The fourth-order valence-electron chi connectivity index (χ4n) is 5.40. The molecule has 176 valence electrons. The summed E-state index contributed by atoms with van der Waals surface area (Å²) in [5.74, 6) is 2.99. The van der Waals surface area contributed by atoms with E-state index in [1.165, 1.54) is 135 Å². The van der Waals surface area contributed by atoms with Gasteiger partial charge in [0.2, 0.25) is 0 Å². The van der Waals surface area contributed by atoms with E-state index in [1.807, 2.05) is 0 Å². The van der Waals surface area contributed by atoms with E-state index >= 15 is 0 Å². The second-order valence-corrected chi connectivity index (χ2v) is 10.0. The first-order valence-electron chi connectivity index (χ1n) is 14.2. The summed E-state index contributed by atoms with van der Waals surface area (Å²) in [6.45, 7) is 11.9. The zero-order chi connectivity index (χ0) is 21.6. The van der Waals surface area contributed by atoms with Crippen molar-refractivity contribution in [2.24, 2.45) is 17.8 Å². The summed E-state index contributed by atoms with van der Waals surface area (Å²) in [6.07, 6.45) is 30.6. The van der Waals surface area contributed by atoms with E-state index in [9.17, 15) is 0 Å². The van der Waals surface area contributed by atoms with Gasteiger partial charge in [-0.2, -0.15) is 0 Å². The molecule has 0 aliphatic rings. The Hall–Kier alpha value is 0. The molecule has 0 aliphatic carbocycles. The van der Waals surface area contributed by atoms with E-state index in [-0.39, 0.29) is 0 Å². The van der Waals surface area contributed by atoms with Crippen molar-refractivity contribution in [2.45, 2.75) is 169 Å². The molecule has 0 heteroatoms. The van der Waals surface area contributed by atoms with Crippen molar-refractivity contribution < 1.29 is 0 Å². The fourth-order valence-corrected chi connectivity index (χ4v) is 5.40. The summed E-state index contributed by atoms with van der Waals surface area (Å²) in [5, 5.41) is 0. The maximum absolute atomic E-state index is 2.45. The lowest BCUT2D eigenvalue weighted by atomic mass is 9.79. The van der Waals surface area contributed by atoms with Gasteiger partial charge in [-0.05, 0) is 24.2 Å². The summed E-state index contributed by atoms with van der Waals surface area (Å²) >= 11 is 0. The standard InChI is InChI=1S/C29H60/c1-6-11-13-15-16-17-19-21-24-27(23-20-18-14-12-7-2)25-26-29(10-5)28(9-4)22-8-3/h27-29H,6-26H2,1-5H3. The van der Waals surface area contributed by atoms with Crippen LogP contribution < -0.4 is 0 Å². The second-order valence-electron chi connectivity index (χ2n) is 10.0. The number of unbranched alkanes of at least 4 members (excludes halogenated alkanes) is 11. The van der Waals surface area contributed by atoms with Gasteiger partial charge in [0.05, 0.1) is 0 Å². The van der Waals surface area contributed by atoms with Gasteiger partial charge in [0.25, 0.3) is 0 Å². The maximum atomic E-state index is 2.45. The molecule has 0 aromatic heterocycles. The van der Waals surface area contributed by atoms with E-state index in [4.69, 9.17) is 0 Å². The third-order valence-electron chi connectivity index (χ3n) is 7.50. The molecule has 0 nitrogen and oxygen atoms in total. The van der Waals surface area contributed by atoms with Gasteiger partial charge >= 0.3 is 0 Å². The SMILES string of the molecule is CCCCCCCCCCC(CCCCCCC)CCC(CC)C(CC)CCC. The van der Waals surface area contributed by atoms with Crippen LogP contribution in [0, 0.1) is 17.8 Å². The molecule has 29 heavy (non-hydrogen) atoms. The Morgan fingerprint density at radius 1 is 0.345 bits per heavy atom. The Bertz CT molecular complexity index is 294. The minimum Gasteiger partial charge on any atom is -0.0654 e. The van der Waals surface area contributed by atoms with Crippen molar-refractivity contribution in [3.8, 4) is 0 Å². The van der Waals surface area contributed by atoms with Crippen LogP contribution in [-0.2, 0) is 0 Å². The van der Waals surface area contributed by atoms with Gasteiger partial charge in [-0.15, -0.1) is 0 Å². The molecule has 0 N–H and O–H groups in total. The Morgan fingerprint density at radius 3 is 1.17 bits per heavy atom. The zero-order valence-electron chi connectivity index (χ0n) is 21.6. The lowest BCUT2D eigenvalue weighted by molar-refractivity contribution is 0.245. The average molecular weight is 409 g/mol. The number of hydrogen-bond donors (Lipinski definition) is 0. The molecule has 3 unspecified atom stereocenters. The smallest absolute Gasteiger partial charge is 0.0388 e. The minimum atomic E-state index is 0.985. The van der Waals surface area contributed by atoms with Gasteiger partial charge in [-0.3, -0.25) is 0 Å². The molecule has 0 saturated heterocycles. The predicted molar refractivity (Wildman–Crippen MR) is 136 cm³/mol. The largest absolute Gasteiger partial charge is 0.0654 e. The molecule has 0 aromatic rings. The monoisotopic (exact) mass is 408 g/mol. The van der Waals surface area contributed by atoms with Crippen LogP contribution in [0.2, 0.25) is 0 Å². The van der Waals surface area contributed by atoms with Crippen LogP contribution in [0.5, 0.6) is 0 Å². The molecular weight excluding hydrogens is 348 g/mol. The van der Waals surface area contributed by atoms with Crippen LogP contribution in [-0.4, -0.2) is 0 Å². The molecule has 3 atom stereocenters. The van der Waals surface area contributed by atoms with Gasteiger partial charge < -0.3 is 0 Å². The minimum absolute atomic E-state index is 0.985. The molecule has 0 rings (SSSR count). The molecule has 0 bridgehead atoms. The second kappa shape index (κ2) is 22.7. The van der Waals surface area contributed by atoms with Gasteiger partial charge in [0, 0.05) is 0 Å². The Labute approximate surface area is 187 Å². The molecular formula is C29H60. The zero-order valence-corrected chi connectivity index (χ0v) is 21.6. The van der Waals surface area contributed by atoms with Gasteiger partial charge in [-0.1, -0.05) is 163 Å². The number of rotatable bonds is 23. The van der Waals surface area contributed by atoms with E-state index in [1.54, 1.807) is 0 Å². The highest BCUT2D eigenvalue weighted by molar-refractivity contribution is 4.71. The first kappa shape index (κ1) is 29.0. The van der Waals surface area contributed by atoms with Gasteiger partial charge in [0.15, 0.2) is 0 Å². The lowest BCUT2D eigenvalue weighted by Crippen LogP contribution is -2.15. The summed E-state index contributed by atoms with van der Waals surface area (Å²) < 4.78 is 0. The first-order valence-corrected chi connectivity index (χ1v) is 14.2. The van der Waals surface area contributed by atoms with Crippen LogP contribution in [0.25, 0.3) is 0 Å². The summed E-state index contributed by atoms with van der Waals surface area (Å²) in [4.78, 5) is 0. The Balaban J connectivity index is 4.26. The normalized spacial score (nSPS) is 14.8. The highest BCUT2D eigenvalue weighted by Crippen LogP contribution is 2.32. The van der Waals surface area contributed by atoms with Crippen LogP contribution in [0.4, 0.5) is 0 Å². The molecule has 0 saturated carbocycles. The molecule has 0 aromatic carbocycles. The molecule has 0 aliphatic heterocycles. The molecule has 0 heterocycles. The van der Waals surface area contributed by atoms with Crippen molar-refractivity contribution in [1.29, 1.82) is 0 Å². The third-order valence-corrected chi connectivity index (χ3v) is 7.50. The molecule has 0 radical (unpaired) electrons. The van der Waals surface area contributed by atoms with Crippen molar-refractivity contribution in [2.75, 3.05) is 0 Å². The summed E-state index contributed by atoms with van der Waals surface area (Å²) in [5.41, 5.74) is 0. The topological polar surface area (TPSA) is 0 Å². The van der Waals surface area contributed by atoms with Gasteiger partial charge in [0.1, 0.15) is 0 Å². The Kier molecular flexibility index (Phi) is 22.7. The van der Waals surface area contributed by atoms with Crippen LogP contribution in [0.1, 0.15) is 169 Å². The van der Waals surface area contributed by atoms with E-state index in [0.717, 1.165) is 17.8 Å². The average Bonchev–Trinajstić information content (AvgIpc) is 2.74. The van der Waals surface area contributed by atoms with Crippen LogP contribution in [0.15, 0.2) is 0 Å². The van der Waals surface area contributed by atoms with Crippen molar-refractivity contribution in [3.63, 3.8) is 0 Å². The lowest BCUT2D eigenvalue weighted by Gasteiger charge is -2.27. The first-order chi connectivity index (χ1) is 14.2. The summed E-state index contributed by atoms with van der Waals surface area (Å²) in [7, 11) is 0. The quantitative estimate of drug-likeness (QED) is 0.147. The predicted octanol–water partition coefficient (Wildman–Crippen LogP) is 11.1. The van der Waals surface area contributed by atoms with Crippen LogP contribution in [0.3, 0.4) is 0 Å². The number of hydrogen-bond acceptors (Lipinski definition) is 0. The highest BCUT2D eigenvalue weighted by atomic mass is 14.2. The highest BCUT2D eigenvalue weighted by Gasteiger charge is 2.19. The van der Waals surface area contributed by atoms with Crippen molar-refractivity contribution in [3.05, 3.63) is 0 Å². The third kappa shape index (κ3) is 17.4. The van der Waals surface area contributed by atoms with Crippen LogP contribution >= 0.6 is 0 Å². The fraction of sp³-hybridized carbons (Fsp3) is 1.00. The molecule has 0 fully saturated rings. The Morgan fingerprint density at radius 2 is 0.759 bits per heavy atom. The van der Waals surface area contributed by atoms with E-state index < -0.39 is 0 Å². The molecule has 0 spiro atoms. The van der Waals surface area contributed by atoms with Gasteiger partial charge in [-0.25, -0.2) is 0 Å². The van der Waals surface area contributed by atoms with E-state index in [0.29, 0.717) is 0 Å². The van der Waals surface area contributed by atoms with Crippen molar-refractivity contribution in [1.82, 2.24) is 0 Å².